The first-order chi connectivity index (χ1) is 12.5. The summed E-state index contributed by atoms with van der Waals surface area (Å²) in [6, 6.07) is 14.1. The Balaban J connectivity index is 1.82. The van der Waals surface area contributed by atoms with Crippen LogP contribution in [0.15, 0.2) is 53.4 Å². The van der Waals surface area contributed by atoms with E-state index < -0.39 is 5.97 Å². The van der Waals surface area contributed by atoms with Gasteiger partial charge < -0.3 is 14.8 Å². The second-order valence-electron chi connectivity index (χ2n) is 6.09. The van der Waals surface area contributed by atoms with Gasteiger partial charge in [0.1, 0.15) is 5.75 Å². The molecule has 0 fully saturated rings. The molecule has 0 saturated heterocycles. The van der Waals surface area contributed by atoms with Crippen molar-refractivity contribution in [3.63, 3.8) is 0 Å². The summed E-state index contributed by atoms with van der Waals surface area (Å²) in [5.74, 6) is 0.193. The molecule has 2 aromatic carbocycles. The van der Waals surface area contributed by atoms with Crippen LogP contribution in [0.3, 0.4) is 0 Å². The van der Waals surface area contributed by atoms with Crippen LogP contribution in [0.4, 0.5) is 5.69 Å². The molecule has 0 aliphatic rings. The van der Waals surface area contributed by atoms with Gasteiger partial charge in [-0.05, 0) is 54.6 Å². The molecule has 0 aliphatic heterocycles. The van der Waals surface area contributed by atoms with Crippen molar-refractivity contribution < 1.29 is 19.1 Å². The van der Waals surface area contributed by atoms with Crippen molar-refractivity contribution in [3.8, 4) is 5.75 Å². The van der Waals surface area contributed by atoms with Gasteiger partial charge in [-0.2, -0.15) is 0 Å². The van der Waals surface area contributed by atoms with Crippen LogP contribution in [-0.2, 0) is 9.53 Å². The lowest BCUT2D eigenvalue weighted by atomic mass is 10.2. The fourth-order valence-electron chi connectivity index (χ4n) is 2.06. The van der Waals surface area contributed by atoms with E-state index in [1.165, 1.54) is 0 Å². The number of amides is 1. The van der Waals surface area contributed by atoms with Gasteiger partial charge in [0.25, 0.3) is 5.91 Å². The lowest BCUT2D eigenvalue weighted by Crippen LogP contribution is -2.20. The molecule has 0 unspecified atom stereocenters. The third-order valence-electron chi connectivity index (χ3n) is 3.36. The van der Waals surface area contributed by atoms with E-state index in [4.69, 9.17) is 9.47 Å². The normalized spacial score (nSPS) is 10.5. The van der Waals surface area contributed by atoms with E-state index >= 15 is 0 Å². The third-order valence-corrected chi connectivity index (χ3v) is 4.09. The van der Waals surface area contributed by atoms with Crippen molar-refractivity contribution in [1.82, 2.24) is 0 Å². The van der Waals surface area contributed by atoms with E-state index in [1.807, 2.05) is 24.5 Å². The Morgan fingerprint density at radius 2 is 1.85 bits per heavy atom. The lowest BCUT2D eigenvalue weighted by Gasteiger charge is -2.09. The average Bonchev–Trinajstić information content (AvgIpc) is 2.65. The summed E-state index contributed by atoms with van der Waals surface area (Å²) in [5, 5.41) is 2.71. The molecule has 1 N–H and O–H groups in total. The van der Waals surface area contributed by atoms with Crippen LogP contribution in [-0.4, -0.2) is 31.3 Å². The first-order valence-electron chi connectivity index (χ1n) is 8.32. The van der Waals surface area contributed by atoms with Crippen molar-refractivity contribution in [2.24, 2.45) is 5.92 Å². The molecule has 0 spiro atoms. The van der Waals surface area contributed by atoms with Crippen LogP contribution in [0.2, 0.25) is 0 Å². The van der Waals surface area contributed by atoms with Gasteiger partial charge in [0.2, 0.25) is 0 Å². The number of hydrogen-bond donors (Lipinski definition) is 1. The van der Waals surface area contributed by atoms with Crippen LogP contribution in [0.5, 0.6) is 5.75 Å². The number of rotatable bonds is 8. The molecule has 0 aromatic heterocycles. The van der Waals surface area contributed by atoms with Crippen molar-refractivity contribution in [2.75, 3.05) is 24.8 Å². The summed E-state index contributed by atoms with van der Waals surface area (Å²) < 4.78 is 10.6. The summed E-state index contributed by atoms with van der Waals surface area (Å²) in [6.07, 6.45) is 1.96. The van der Waals surface area contributed by atoms with Crippen LogP contribution in [0.1, 0.15) is 24.2 Å². The molecule has 26 heavy (non-hydrogen) atoms. The Morgan fingerprint density at radius 3 is 2.50 bits per heavy atom. The maximum Gasteiger partial charge on any atom is 0.338 e. The Labute approximate surface area is 158 Å². The van der Waals surface area contributed by atoms with Crippen LogP contribution in [0, 0.1) is 5.92 Å². The number of benzene rings is 2. The van der Waals surface area contributed by atoms with Crippen molar-refractivity contribution in [2.45, 2.75) is 18.7 Å². The lowest BCUT2D eigenvalue weighted by molar-refractivity contribution is -0.119. The van der Waals surface area contributed by atoms with Crippen LogP contribution >= 0.6 is 11.8 Å². The predicted molar refractivity (Wildman–Crippen MR) is 104 cm³/mol. The first-order valence-corrected chi connectivity index (χ1v) is 9.54. The largest absolute Gasteiger partial charge is 0.493 e. The molecule has 2 rings (SSSR count). The second-order valence-corrected chi connectivity index (χ2v) is 6.97. The highest BCUT2D eigenvalue weighted by Gasteiger charge is 2.11. The molecule has 0 aliphatic carbocycles. The fraction of sp³-hybridized carbons (Fsp3) is 0.300. The Kier molecular flexibility index (Phi) is 7.53. The third kappa shape index (κ3) is 6.44. The number of hydrogen-bond acceptors (Lipinski definition) is 5. The molecule has 0 saturated carbocycles. The highest BCUT2D eigenvalue weighted by atomic mass is 32.2. The Bertz CT molecular complexity index is 744. The Hall–Kier alpha value is -2.47. The molecule has 6 heteroatoms. The van der Waals surface area contributed by atoms with Crippen LogP contribution < -0.4 is 10.1 Å². The summed E-state index contributed by atoms with van der Waals surface area (Å²) in [6.45, 7) is 4.40. The first kappa shape index (κ1) is 19.8. The van der Waals surface area contributed by atoms with Gasteiger partial charge in [-0.1, -0.05) is 19.9 Å². The van der Waals surface area contributed by atoms with E-state index in [-0.39, 0.29) is 12.5 Å². The smallest absolute Gasteiger partial charge is 0.338 e. The monoisotopic (exact) mass is 373 g/mol. The quantitative estimate of drug-likeness (QED) is 0.554. The van der Waals surface area contributed by atoms with Gasteiger partial charge in [-0.15, -0.1) is 11.8 Å². The molecule has 1 amide bonds. The van der Waals surface area contributed by atoms with Crippen molar-refractivity contribution >= 4 is 29.3 Å². The highest BCUT2D eigenvalue weighted by molar-refractivity contribution is 7.98. The van der Waals surface area contributed by atoms with Gasteiger partial charge in [0.05, 0.1) is 12.2 Å². The number of nitrogens with one attached hydrogen (secondary N) is 1. The minimum Gasteiger partial charge on any atom is -0.493 e. The molecule has 2 aromatic rings. The van der Waals surface area contributed by atoms with E-state index in [9.17, 15) is 9.59 Å². The Morgan fingerprint density at radius 1 is 1.12 bits per heavy atom. The van der Waals surface area contributed by atoms with E-state index in [1.54, 1.807) is 42.1 Å². The van der Waals surface area contributed by atoms with Gasteiger partial charge in [0.15, 0.2) is 6.61 Å². The maximum absolute atomic E-state index is 12.0. The van der Waals surface area contributed by atoms with Gasteiger partial charge >= 0.3 is 5.97 Å². The highest BCUT2D eigenvalue weighted by Crippen LogP contribution is 2.19. The van der Waals surface area contributed by atoms with E-state index in [0.717, 1.165) is 4.90 Å². The van der Waals surface area contributed by atoms with Crippen LogP contribution in [0.25, 0.3) is 0 Å². The standard InChI is InChI=1S/C20H23NO4S/c1-14(2)12-24-17-9-7-15(8-10-17)20(23)25-13-19(22)21-16-5-4-6-18(11-16)26-3/h4-11,14H,12-13H2,1-3H3,(H,21,22). The molecule has 0 heterocycles. The zero-order valence-corrected chi connectivity index (χ0v) is 16.0. The molecule has 0 bridgehead atoms. The zero-order chi connectivity index (χ0) is 18.9. The summed E-state index contributed by atoms with van der Waals surface area (Å²) in [5.41, 5.74) is 1.05. The summed E-state index contributed by atoms with van der Waals surface area (Å²) >= 11 is 1.58. The SMILES string of the molecule is CSc1cccc(NC(=O)COC(=O)c2ccc(OCC(C)C)cc2)c1. The number of anilines is 1. The molecule has 0 radical (unpaired) electrons. The minimum absolute atomic E-state index is 0.339. The zero-order valence-electron chi connectivity index (χ0n) is 15.2. The van der Waals surface area contributed by atoms with Crippen molar-refractivity contribution in [1.29, 1.82) is 0 Å². The predicted octanol–water partition coefficient (Wildman–Crippen LogP) is 4.24. The summed E-state index contributed by atoms with van der Waals surface area (Å²) in [4.78, 5) is 25.0. The molecular weight excluding hydrogens is 350 g/mol. The summed E-state index contributed by atoms with van der Waals surface area (Å²) in [7, 11) is 0. The number of ether oxygens (including phenoxy) is 2. The molecule has 0 atom stereocenters. The van der Waals surface area contributed by atoms with E-state index in [0.29, 0.717) is 29.5 Å². The second kappa shape index (κ2) is 9.87. The maximum atomic E-state index is 12.0. The minimum atomic E-state index is -0.548. The number of thioether (sulfide) groups is 1. The topological polar surface area (TPSA) is 64.6 Å². The van der Waals surface area contributed by atoms with Gasteiger partial charge in [0, 0.05) is 10.6 Å². The number of carbonyl (C=O) groups is 2. The van der Waals surface area contributed by atoms with E-state index in [2.05, 4.69) is 19.2 Å². The average molecular weight is 373 g/mol. The molecule has 5 nitrogen and oxygen atoms in total. The number of esters is 1. The number of carbonyl (C=O) groups excluding carboxylic acids is 2. The van der Waals surface area contributed by atoms with Gasteiger partial charge in [-0.25, -0.2) is 4.79 Å². The molecule has 138 valence electrons. The van der Waals surface area contributed by atoms with Gasteiger partial charge in [-0.3, -0.25) is 4.79 Å². The van der Waals surface area contributed by atoms with Crippen molar-refractivity contribution in [3.05, 3.63) is 54.1 Å². The fourth-order valence-corrected chi connectivity index (χ4v) is 2.52. The molecular formula is C20H23NO4S.